The maximum absolute atomic E-state index is 13.8. The molecule has 1 N–H and O–H groups in total. The molecule has 10 nitrogen and oxygen atoms in total. The quantitative estimate of drug-likeness (QED) is 0.614. The summed E-state index contributed by atoms with van der Waals surface area (Å²) >= 11 is 0. The number of methoxy groups -OCH3 is 4. The van der Waals surface area contributed by atoms with E-state index in [9.17, 15) is 9.59 Å². The molecule has 0 fully saturated rings. The van der Waals surface area contributed by atoms with Crippen LogP contribution in [0, 0.1) is 6.92 Å². The molecule has 10 heteroatoms. The fraction of sp³-hybridized carbons (Fsp3) is 0.393. The van der Waals surface area contributed by atoms with Crippen molar-refractivity contribution in [1.82, 2.24) is 10.3 Å². The number of rotatable bonds is 6. The van der Waals surface area contributed by atoms with Crippen molar-refractivity contribution in [1.29, 1.82) is 0 Å². The Kier molecular flexibility index (Phi) is 6.75. The van der Waals surface area contributed by atoms with E-state index in [-0.39, 0.29) is 17.4 Å². The number of nitrogens with one attached hydrogen (secondary N) is 1. The molecular formula is C28H31N3O7. The summed E-state index contributed by atoms with van der Waals surface area (Å²) in [6.45, 7) is 3.42. The van der Waals surface area contributed by atoms with Gasteiger partial charge in [-0.1, -0.05) is 0 Å². The Labute approximate surface area is 221 Å². The van der Waals surface area contributed by atoms with Crippen molar-refractivity contribution in [2.24, 2.45) is 0 Å². The van der Waals surface area contributed by atoms with Gasteiger partial charge in [-0.25, -0.2) is 10.0 Å². The third-order valence-electron chi connectivity index (χ3n) is 7.13. The van der Waals surface area contributed by atoms with Crippen LogP contribution in [0.1, 0.15) is 30.0 Å². The fourth-order valence-corrected chi connectivity index (χ4v) is 5.58. The third kappa shape index (κ3) is 4.05. The molecule has 0 saturated heterocycles. The summed E-state index contributed by atoms with van der Waals surface area (Å²) < 4.78 is 22.9. The van der Waals surface area contributed by atoms with Crippen LogP contribution >= 0.6 is 0 Å². The van der Waals surface area contributed by atoms with Crippen LogP contribution < -0.4 is 24.6 Å². The Morgan fingerprint density at radius 1 is 1.11 bits per heavy atom. The fourth-order valence-electron chi connectivity index (χ4n) is 5.58. The van der Waals surface area contributed by atoms with Gasteiger partial charge in [0, 0.05) is 18.7 Å². The van der Waals surface area contributed by atoms with E-state index < -0.39 is 18.2 Å². The molecule has 4 aliphatic rings. The molecule has 0 spiro atoms. The number of anilines is 1. The smallest absolute Gasteiger partial charge is 0.232 e. The van der Waals surface area contributed by atoms with Crippen LogP contribution in [0.4, 0.5) is 5.82 Å². The first-order valence-corrected chi connectivity index (χ1v) is 12.3. The highest BCUT2D eigenvalue weighted by molar-refractivity contribution is 6.05. The van der Waals surface area contributed by atoms with Crippen molar-refractivity contribution in [3.8, 4) is 17.2 Å². The Hall–Kier alpha value is -4.05. The van der Waals surface area contributed by atoms with Gasteiger partial charge in [-0.05, 0) is 66.3 Å². The van der Waals surface area contributed by atoms with E-state index in [1.165, 1.54) is 14.0 Å². The maximum Gasteiger partial charge on any atom is 0.232 e. The summed E-state index contributed by atoms with van der Waals surface area (Å²) in [6, 6.07) is 4.61. The van der Waals surface area contributed by atoms with E-state index >= 15 is 0 Å². The molecule has 200 valence electrons. The van der Waals surface area contributed by atoms with Crippen LogP contribution in [0.15, 0.2) is 41.8 Å². The predicted molar refractivity (Wildman–Crippen MR) is 139 cm³/mol. The number of benzene rings is 1. The van der Waals surface area contributed by atoms with Gasteiger partial charge in [0.1, 0.15) is 6.04 Å². The van der Waals surface area contributed by atoms with E-state index in [1.807, 2.05) is 25.1 Å². The molecule has 3 atom stereocenters. The molecule has 6 rings (SSSR count). The minimum atomic E-state index is -1.06. The van der Waals surface area contributed by atoms with Gasteiger partial charge in [-0.2, -0.15) is 0 Å². The lowest BCUT2D eigenvalue weighted by atomic mass is 9.85. The van der Waals surface area contributed by atoms with Crippen LogP contribution in [0.3, 0.4) is 0 Å². The van der Waals surface area contributed by atoms with Crippen molar-refractivity contribution in [2.45, 2.75) is 44.9 Å². The minimum Gasteiger partial charge on any atom is -0.493 e. The number of ketones is 1. The molecule has 0 unspecified atom stereocenters. The number of ether oxygens (including phenoxy) is 4. The molecule has 1 amide bonds. The van der Waals surface area contributed by atoms with Crippen LogP contribution in [-0.2, 0) is 25.6 Å². The topological polar surface area (TPSA) is 108 Å². The SMILES string of the molecule is COC1=C[C@H]2C3=C([C@@H](ON2c2cc(C)ccn2)C1=O)[C@@H](NC(C)=O)CCc1cc(OC)c(OC)c(OC)c13. The molecular weight excluding hydrogens is 490 g/mol. The lowest BCUT2D eigenvalue weighted by Gasteiger charge is -2.40. The Balaban J connectivity index is 1.87. The monoisotopic (exact) mass is 521 g/mol. The Bertz CT molecular complexity index is 1370. The molecule has 0 radical (unpaired) electrons. The molecule has 3 heterocycles. The predicted octanol–water partition coefficient (Wildman–Crippen LogP) is 2.92. The van der Waals surface area contributed by atoms with Crippen molar-refractivity contribution in [3.63, 3.8) is 0 Å². The summed E-state index contributed by atoms with van der Waals surface area (Å²) in [5.41, 5.74) is 4.12. The van der Waals surface area contributed by atoms with Crippen molar-refractivity contribution >= 4 is 23.1 Å². The van der Waals surface area contributed by atoms with Gasteiger partial charge in [-0.3, -0.25) is 14.4 Å². The summed E-state index contributed by atoms with van der Waals surface area (Å²) in [5.74, 6) is 1.60. The standard InChI is InChI=1S/C28H31N3O7/c1-14-9-10-29-21(11-14)31-18-13-19(34-3)25(33)27(38-31)23-17(30-15(2)32)8-7-16-12-20(35-4)26(36-5)28(37-6)22(16)24(18)23/h9-13,17-18,27H,7-8H2,1-6H3,(H,30,32)/t17-,18-,27+/m0/s1. The number of fused-ring (bicyclic) bond motifs is 3. The lowest BCUT2D eigenvalue weighted by molar-refractivity contribution is -0.129. The molecule has 2 aliphatic heterocycles. The number of hydroxylamine groups is 1. The summed E-state index contributed by atoms with van der Waals surface area (Å²) in [5, 5.41) is 4.69. The summed E-state index contributed by atoms with van der Waals surface area (Å²) in [4.78, 5) is 37.1. The minimum absolute atomic E-state index is 0.172. The second kappa shape index (κ2) is 10.0. The van der Waals surface area contributed by atoms with Gasteiger partial charge in [0.2, 0.25) is 17.4 Å². The highest BCUT2D eigenvalue weighted by Gasteiger charge is 2.50. The maximum atomic E-state index is 13.8. The third-order valence-corrected chi connectivity index (χ3v) is 7.13. The number of nitrogens with zero attached hydrogens (tertiary/aromatic N) is 2. The number of aryl methyl sites for hydroxylation is 2. The second-order valence-electron chi connectivity index (χ2n) is 9.39. The van der Waals surface area contributed by atoms with E-state index in [0.717, 1.165) is 22.3 Å². The Morgan fingerprint density at radius 2 is 1.87 bits per heavy atom. The molecule has 1 aromatic carbocycles. The number of pyridine rings is 1. The van der Waals surface area contributed by atoms with Crippen molar-refractivity contribution in [3.05, 3.63) is 58.5 Å². The first-order valence-electron chi connectivity index (χ1n) is 12.3. The normalized spacial score (nSPS) is 22.1. The molecule has 1 aromatic heterocycles. The van der Waals surface area contributed by atoms with Crippen molar-refractivity contribution < 1.29 is 33.4 Å². The zero-order valence-corrected chi connectivity index (χ0v) is 22.3. The number of carbonyl (C=O) groups is 2. The van der Waals surface area contributed by atoms with Gasteiger partial charge in [-0.15, -0.1) is 0 Å². The molecule has 2 aromatic rings. The van der Waals surface area contributed by atoms with Gasteiger partial charge in [0.15, 0.2) is 29.2 Å². The zero-order valence-electron chi connectivity index (χ0n) is 22.3. The number of aromatic nitrogens is 1. The first-order chi connectivity index (χ1) is 18.3. The average molecular weight is 522 g/mol. The summed E-state index contributed by atoms with van der Waals surface area (Å²) in [7, 11) is 6.16. The van der Waals surface area contributed by atoms with Gasteiger partial charge in [0.05, 0.1) is 34.5 Å². The van der Waals surface area contributed by atoms with E-state index in [2.05, 4.69) is 10.3 Å². The van der Waals surface area contributed by atoms with E-state index in [4.69, 9.17) is 23.8 Å². The molecule has 0 saturated carbocycles. The van der Waals surface area contributed by atoms with E-state index in [1.54, 1.807) is 38.7 Å². The van der Waals surface area contributed by atoms with Crippen LogP contribution in [0.25, 0.3) is 5.57 Å². The number of carbonyl (C=O) groups excluding carboxylic acids is 2. The largest absolute Gasteiger partial charge is 0.493 e. The molecule has 2 aliphatic carbocycles. The van der Waals surface area contributed by atoms with Gasteiger partial charge < -0.3 is 24.3 Å². The molecule has 2 bridgehead atoms. The van der Waals surface area contributed by atoms with Crippen molar-refractivity contribution in [2.75, 3.05) is 33.5 Å². The zero-order chi connectivity index (χ0) is 27.1. The van der Waals surface area contributed by atoms with Gasteiger partial charge >= 0.3 is 0 Å². The van der Waals surface area contributed by atoms with Crippen LogP contribution in [0.2, 0.25) is 0 Å². The number of hydrogen-bond acceptors (Lipinski definition) is 9. The second-order valence-corrected chi connectivity index (χ2v) is 9.39. The van der Waals surface area contributed by atoms with Crippen LogP contribution in [-0.4, -0.2) is 63.3 Å². The Morgan fingerprint density at radius 3 is 2.50 bits per heavy atom. The average Bonchev–Trinajstić information content (AvgIpc) is 3.21. The summed E-state index contributed by atoms with van der Waals surface area (Å²) in [6.07, 6.45) is 3.50. The van der Waals surface area contributed by atoms with E-state index in [0.29, 0.717) is 41.5 Å². The van der Waals surface area contributed by atoms with Crippen LogP contribution in [0.5, 0.6) is 17.2 Å². The highest BCUT2D eigenvalue weighted by Crippen LogP contribution is 2.52. The van der Waals surface area contributed by atoms with Gasteiger partial charge in [0.25, 0.3) is 0 Å². The number of amides is 1. The number of Topliss-reactive ketones (excluding diaryl/α,β-unsaturated/α-hetero) is 1. The first kappa shape index (κ1) is 25.6. The number of hydrogen-bond donors (Lipinski definition) is 1. The lowest BCUT2D eigenvalue weighted by Crippen LogP contribution is -2.50. The highest BCUT2D eigenvalue weighted by atomic mass is 16.7. The molecule has 38 heavy (non-hydrogen) atoms.